The molecule has 20 heavy (non-hydrogen) atoms. The summed E-state index contributed by atoms with van der Waals surface area (Å²) >= 11 is 5.87. The second-order valence-corrected chi connectivity index (χ2v) is 5.36. The Balaban J connectivity index is 2.44. The van der Waals surface area contributed by atoms with E-state index in [9.17, 15) is 9.90 Å². The van der Waals surface area contributed by atoms with Crippen LogP contribution in [0.1, 0.15) is 42.1 Å². The van der Waals surface area contributed by atoms with Gasteiger partial charge < -0.3 is 5.11 Å². The molecule has 0 aliphatic rings. The molecular formula is C17H17ClO2. The van der Waals surface area contributed by atoms with Gasteiger partial charge in [0.15, 0.2) is 0 Å². The first-order valence-electron chi connectivity index (χ1n) is 6.66. The lowest BCUT2D eigenvalue weighted by Crippen LogP contribution is -1.99. The van der Waals surface area contributed by atoms with Gasteiger partial charge in [-0.3, -0.25) is 0 Å². The van der Waals surface area contributed by atoms with Crippen LogP contribution in [0.4, 0.5) is 0 Å². The van der Waals surface area contributed by atoms with E-state index in [1.54, 1.807) is 12.1 Å². The van der Waals surface area contributed by atoms with Crippen LogP contribution in [0, 0.1) is 0 Å². The molecule has 1 atom stereocenters. The van der Waals surface area contributed by atoms with Crippen LogP contribution in [0.3, 0.4) is 0 Å². The quantitative estimate of drug-likeness (QED) is 0.837. The lowest BCUT2D eigenvalue weighted by atomic mass is 9.94. The number of carbonyl (C=O) groups is 1. The summed E-state index contributed by atoms with van der Waals surface area (Å²) in [6.07, 6.45) is 1.08. The summed E-state index contributed by atoms with van der Waals surface area (Å²) in [5.41, 5.74) is 3.08. The lowest BCUT2D eigenvalue weighted by Gasteiger charge is -2.11. The molecule has 0 saturated heterocycles. The monoisotopic (exact) mass is 288 g/mol. The van der Waals surface area contributed by atoms with Gasteiger partial charge in [0.2, 0.25) is 0 Å². The van der Waals surface area contributed by atoms with Gasteiger partial charge in [-0.15, -0.1) is 0 Å². The summed E-state index contributed by atoms with van der Waals surface area (Å²) in [4.78, 5) is 11.3. The number of benzene rings is 2. The second kappa shape index (κ2) is 6.10. The van der Waals surface area contributed by atoms with Crippen LogP contribution >= 0.6 is 11.6 Å². The van der Waals surface area contributed by atoms with E-state index in [2.05, 4.69) is 26.0 Å². The molecule has 0 amide bonds. The molecule has 0 fully saturated rings. The third-order valence-corrected chi connectivity index (χ3v) is 3.85. The molecule has 1 unspecified atom stereocenters. The predicted molar refractivity (Wildman–Crippen MR) is 82.6 cm³/mol. The fourth-order valence-corrected chi connectivity index (χ4v) is 2.34. The molecule has 3 heteroatoms. The van der Waals surface area contributed by atoms with E-state index in [-0.39, 0.29) is 5.56 Å². The number of aromatic carboxylic acids is 1. The van der Waals surface area contributed by atoms with E-state index in [1.807, 2.05) is 12.1 Å². The molecule has 0 radical (unpaired) electrons. The van der Waals surface area contributed by atoms with Crippen LogP contribution in [-0.2, 0) is 0 Å². The van der Waals surface area contributed by atoms with Crippen molar-refractivity contribution in [3.63, 3.8) is 0 Å². The van der Waals surface area contributed by atoms with Gasteiger partial charge in [-0.2, -0.15) is 0 Å². The van der Waals surface area contributed by atoms with Crippen molar-refractivity contribution in [2.24, 2.45) is 0 Å². The van der Waals surface area contributed by atoms with Crippen molar-refractivity contribution in [2.75, 3.05) is 0 Å². The highest BCUT2D eigenvalue weighted by Crippen LogP contribution is 2.28. The first-order valence-corrected chi connectivity index (χ1v) is 7.04. The van der Waals surface area contributed by atoms with Crippen LogP contribution in [0.25, 0.3) is 11.1 Å². The predicted octanol–water partition coefficient (Wildman–Crippen LogP) is 5.22. The first kappa shape index (κ1) is 14.6. The molecule has 0 aromatic heterocycles. The van der Waals surface area contributed by atoms with Crippen LogP contribution in [0.15, 0.2) is 42.5 Å². The number of carboxylic acid groups (broad SMARTS) is 1. The van der Waals surface area contributed by atoms with Gasteiger partial charge in [-0.05, 0) is 41.2 Å². The van der Waals surface area contributed by atoms with E-state index in [0.717, 1.165) is 12.0 Å². The number of halogens is 1. The minimum atomic E-state index is -0.964. The summed E-state index contributed by atoms with van der Waals surface area (Å²) < 4.78 is 0. The normalized spacial score (nSPS) is 12.2. The molecular weight excluding hydrogens is 272 g/mol. The zero-order valence-corrected chi connectivity index (χ0v) is 12.3. The minimum absolute atomic E-state index is 0.230. The van der Waals surface area contributed by atoms with Crippen molar-refractivity contribution in [1.29, 1.82) is 0 Å². The van der Waals surface area contributed by atoms with Gasteiger partial charge in [0.25, 0.3) is 0 Å². The van der Waals surface area contributed by atoms with E-state index in [4.69, 9.17) is 11.6 Å². The van der Waals surface area contributed by atoms with Gasteiger partial charge in [0.05, 0.1) is 5.56 Å². The fraction of sp³-hybridized carbons (Fsp3) is 0.235. The van der Waals surface area contributed by atoms with Crippen molar-refractivity contribution in [3.05, 3.63) is 58.6 Å². The Morgan fingerprint density at radius 1 is 1.20 bits per heavy atom. The zero-order chi connectivity index (χ0) is 14.7. The second-order valence-electron chi connectivity index (χ2n) is 4.93. The third-order valence-electron chi connectivity index (χ3n) is 3.62. The lowest BCUT2D eigenvalue weighted by molar-refractivity contribution is 0.0697. The van der Waals surface area contributed by atoms with E-state index >= 15 is 0 Å². The van der Waals surface area contributed by atoms with E-state index < -0.39 is 5.97 Å². The highest BCUT2D eigenvalue weighted by molar-refractivity contribution is 6.31. The molecule has 1 N–H and O–H groups in total. The molecule has 2 aromatic rings. The summed E-state index contributed by atoms with van der Waals surface area (Å²) in [5.74, 6) is -0.457. The van der Waals surface area contributed by atoms with Gasteiger partial charge >= 0.3 is 5.97 Å². The summed E-state index contributed by atoms with van der Waals surface area (Å²) in [5, 5.41) is 9.71. The van der Waals surface area contributed by atoms with Crippen molar-refractivity contribution >= 4 is 17.6 Å². The van der Waals surface area contributed by atoms with Crippen molar-refractivity contribution in [2.45, 2.75) is 26.2 Å². The Morgan fingerprint density at radius 3 is 2.40 bits per heavy atom. The maximum Gasteiger partial charge on any atom is 0.336 e. The van der Waals surface area contributed by atoms with Crippen LogP contribution in [0.2, 0.25) is 5.02 Å². The van der Waals surface area contributed by atoms with Crippen molar-refractivity contribution in [1.82, 2.24) is 0 Å². The molecule has 0 aliphatic carbocycles. The highest BCUT2D eigenvalue weighted by atomic mass is 35.5. The summed E-state index contributed by atoms with van der Waals surface area (Å²) in [6.45, 7) is 4.33. The average molecular weight is 289 g/mol. The summed E-state index contributed by atoms with van der Waals surface area (Å²) in [6, 6.07) is 13.0. The standard InChI is InChI=1S/C17H17ClO2/c1-3-11(2)12-4-6-13(7-5-12)15-9-8-14(18)10-16(15)17(19)20/h4-11H,3H2,1-2H3,(H,19,20). The van der Waals surface area contributed by atoms with Crippen molar-refractivity contribution < 1.29 is 9.90 Å². The molecule has 0 spiro atoms. The molecule has 0 aliphatic heterocycles. The average Bonchev–Trinajstić information content (AvgIpc) is 2.46. The molecule has 0 saturated carbocycles. The topological polar surface area (TPSA) is 37.3 Å². The van der Waals surface area contributed by atoms with Gasteiger partial charge in [-0.1, -0.05) is 55.8 Å². The molecule has 104 valence electrons. The Bertz CT molecular complexity index is 617. The minimum Gasteiger partial charge on any atom is -0.478 e. The highest BCUT2D eigenvalue weighted by Gasteiger charge is 2.12. The van der Waals surface area contributed by atoms with Crippen molar-refractivity contribution in [3.8, 4) is 11.1 Å². The SMILES string of the molecule is CCC(C)c1ccc(-c2ccc(Cl)cc2C(=O)O)cc1. The molecule has 2 rings (SSSR count). The smallest absolute Gasteiger partial charge is 0.336 e. The summed E-state index contributed by atoms with van der Waals surface area (Å²) in [7, 11) is 0. The van der Waals surface area contributed by atoms with Crippen LogP contribution < -0.4 is 0 Å². The molecule has 0 bridgehead atoms. The Kier molecular flexibility index (Phi) is 4.46. The first-order chi connectivity index (χ1) is 9.52. The molecule has 2 nitrogen and oxygen atoms in total. The van der Waals surface area contributed by atoms with Gasteiger partial charge in [0.1, 0.15) is 0 Å². The maximum absolute atomic E-state index is 11.3. The number of rotatable bonds is 4. The Labute approximate surface area is 124 Å². The number of hydrogen-bond acceptors (Lipinski definition) is 1. The van der Waals surface area contributed by atoms with E-state index in [1.165, 1.54) is 11.6 Å². The fourth-order valence-electron chi connectivity index (χ4n) is 2.17. The van der Waals surface area contributed by atoms with Crippen LogP contribution in [-0.4, -0.2) is 11.1 Å². The largest absolute Gasteiger partial charge is 0.478 e. The maximum atomic E-state index is 11.3. The third kappa shape index (κ3) is 3.02. The van der Waals surface area contributed by atoms with Gasteiger partial charge in [-0.25, -0.2) is 4.79 Å². The molecule has 2 aromatic carbocycles. The number of hydrogen-bond donors (Lipinski definition) is 1. The van der Waals surface area contributed by atoms with Crippen LogP contribution in [0.5, 0.6) is 0 Å². The number of carboxylic acids is 1. The van der Waals surface area contributed by atoms with Gasteiger partial charge in [0, 0.05) is 5.02 Å². The van der Waals surface area contributed by atoms with E-state index in [0.29, 0.717) is 16.5 Å². The molecule has 0 heterocycles. The Hall–Kier alpha value is -1.80. The Morgan fingerprint density at radius 2 is 1.85 bits per heavy atom. The zero-order valence-electron chi connectivity index (χ0n) is 11.6.